The molecule has 0 N–H and O–H groups in total. The lowest BCUT2D eigenvalue weighted by Gasteiger charge is -2.34. The summed E-state index contributed by atoms with van der Waals surface area (Å²) in [6, 6.07) is 23.6. The van der Waals surface area contributed by atoms with Crippen LogP contribution >= 0.6 is 0 Å². The van der Waals surface area contributed by atoms with Crippen molar-refractivity contribution in [2.75, 3.05) is 18.6 Å². The largest absolute Gasteiger partial charge is 0.497 e. The molecule has 0 radical (unpaired) electrons. The van der Waals surface area contributed by atoms with E-state index in [-0.39, 0.29) is 35.4 Å². The van der Waals surface area contributed by atoms with Crippen molar-refractivity contribution in [2.24, 2.45) is 0 Å². The van der Waals surface area contributed by atoms with E-state index < -0.39 is 34.4 Å². The molecule has 1 atom stereocenters. The molecule has 0 saturated heterocycles. The Kier molecular flexibility index (Phi) is 6.12. The Hall–Kier alpha value is -5.31. The van der Waals surface area contributed by atoms with Crippen molar-refractivity contribution in [3.8, 4) is 5.75 Å². The van der Waals surface area contributed by atoms with Gasteiger partial charge in [0.15, 0.2) is 11.0 Å². The minimum absolute atomic E-state index is 0.0487. The number of hydrogen-bond donors (Lipinski definition) is 0. The number of hydrogen-bond acceptors (Lipinski definition) is 5. The van der Waals surface area contributed by atoms with E-state index in [4.69, 9.17) is 9.15 Å². The van der Waals surface area contributed by atoms with Crippen molar-refractivity contribution in [2.45, 2.75) is 18.5 Å². The Labute approximate surface area is 244 Å². The smallest absolute Gasteiger partial charge is 0.291 e. The van der Waals surface area contributed by atoms with Gasteiger partial charge in [-0.2, -0.15) is 0 Å². The van der Waals surface area contributed by atoms with E-state index in [1.807, 2.05) is 12.1 Å². The van der Waals surface area contributed by atoms with Crippen LogP contribution in [0, 0.1) is 11.6 Å². The highest BCUT2D eigenvalue weighted by atomic mass is 19.1. The van der Waals surface area contributed by atoms with Gasteiger partial charge in [0.25, 0.3) is 11.8 Å². The zero-order valence-electron chi connectivity index (χ0n) is 23.0. The first kappa shape index (κ1) is 26.6. The fourth-order valence-corrected chi connectivity index (χ4v) is 6.23. The third kappa shape index (κ3) is 3.95. The molecule has 7 nitrogen and oxygen atoms in total. The molecule has 0 fully saturated rings. The Balaban J connectivity index is 1.43. The normalized spacial score (nSPS) is 17.2. The van der Waals surface area contributed by atoms with Gasteiger partial charge in [0.2, 0.25) is 5.76 Å². The zero-order valence-corrected chi connectivity index (χ0v) is 23.0. The summed E-state index contributed by atoms with van der Waals surface area (Å²) in [5.41, 5.74) is -0.106. The summed E-state index contributed by atoms with van der Waals surface area (Å²) in [6.45, 7) is 0.144. The molecule has 43 heavy (non-hydrogen) atoms. The molecule has 0 aliphatic carbocycles. The maximum Gasteiger partial charge on any atom is 0.291 e. The highest BCUT2D eigenvalue weighted by molar-refractivity contribution is 6.17. The first-order valence-electron chi connectivity index (χ1n) is 13.7. The Morgan fingerprint density at radius 3 is 2.28 bits per heavy atom. The minimum Gasteiger partial charge on any atom is -0.497 e. The summed E-state index contributed by atoms with van der Waals surface area (Å²) in [7, 11) is 1.57. The fraction of sp³-hybridized carbons (Fsp3) is 0.147. The number of anilines is 1. The average Bonchev–Trinajstić information content (AvgIpc) is 3.41. The first-order valence-corrected chi connectivity index (χ1v) is 13.7. The van der Waals surface area contributed by atoms with Gasteiger partial charge in [-0.25, -0.2) is 8.78 Å². The lowest BCUT2D eigenvalue weighted by atomic mass is 9.83. The van der Waals surface area contributed by atoms with Crippen LogP contribution in [0.3, 0.4) is 0 Å². The van der Waals surface area contributed by atoms with Crippen LogP contribution in [0.5, 0.6) is 5.75 Å². The molecule has 214 valence electrons. The van der Waals surface area contributed by atoms with E-state index in [1.54, 1.807) is 55.6 Å². The molecule has 2 amide bonds. The molecule has 4 aromatic carbocycles. The second-order valence-corrected chi connectivity index (χ2v) is 10.6. The van der Waals surface area contributed by atoms with E-state index in [0.717, 1.165) is 17.7 Å². The molecule has 1 spiro atoms. The molecule has 0 bridgehead atoms. The van der Waals surface area contributed by atoms with Crippen LogP contribution in [0.15, 0.2) is 100 Å². The van der Waals surface area contributed by atoms with E-state index in [9.17, 15) is 23.2 Å². The van der Waals surface area contributed by atoms with Gasteiger partial charge in [-0.05, 0) is 66.1 Å². The van der Waals surface area contributed by atoms with Crippen LogP contribution in [0.1, 0.15) is 32.8 Å². The third-order valence-electron chi connectivity index (χ3n) is 8.23. The van der Waals surface area contributed by atoms with Crippen molar-refractivity contribution in [3.05, 3.63) is 141 Å². The predicted molar refractivity (Wildman–Crippen MR) is 155 cm³/mol. The number of nitrogens with zero attached hydrogens (tertiary/aromatic N) is 2. The van der Waals surface area contributed by atoms with Crippen LogP contribution in [-0.4, -0.2) is 30.4 Å². The van der Waals surface area contributed by atoms with Gasteiger partial charge in [-0.1, -0.05) is 42.5 Å². The highest BCUT2D eigenvalue weighted by Crippen LogP contribution is 2.53. The lowest BCUT2D eigenvalue weighted by molar-refractivity contribution is -0.126. The van der Waals surface area contributed by atoms with E-state index in [0.29, 0.717) is 29.0 Å². The topological polar surface area (TPSA) is 80.1 Å². The van der Waals surface area contributed by atoms with Gasteiger partial charge in [0.05, 0.1) is 30.3 Å². The summed E-state index contributed by atoms with van der Waals surface area (Å²) in [4.78, 5) is 46.1. The molecule has 0 saturated carbocycles. The molecule has 1 aromatic heterocycles. The summed E-state index contributed by atoms with van der Waals surface area (Å²) >= 11 is 0. The number of ether oxygens (including phenoxy) is 1. The van der Waals surface area contributed by atoms with Crippen LogP contribution in [0.2, 0.25) is 0 Å². The highest BCUT2D eigenvalue weighted by Gasteiger charge is 2.64. The number of carbonyl (C=O) groups is 2. The van der Waals surface area contributed by atoms with E-state index in [1.165, 1.54) is 28.0 Å². The van der Waals surface area contributed by atoms with E-state index in [2.05, 4.69) is 0 Å². The van der Waals surface area contributed by atoms with Crippen molar-refractivity contribution >= 4 is 28.5 Å². The fourth-order valence-electron chi connectivity index (χ4n) is 6.23. The Bertz CT molecular complexity index is 1990. The average molecular weight is 579 g/mol. The number of para-hydroxylation sites is 1. The number of fused-ring (bicyclic) bond motifs is 5. The first-order chi connectivity index (χ1) is 20.8. The molecule has 9 heteroatoms. The maximum absolute atomic E-state index is 14.8. The second-order valence-electron chi connectivity index (χ2n) is 10.6. The van der Waals surface area contributed by atoms with Gasteiger partial charge in [0, 0.05) is 12.1 Å². The van der Waals surface area contributed by atoms with Crippen molar-refractivity contribution in [1.82, 2.24) is 4.90 Å². The van der Waals surface area contributed by atoms with Crippen molar-refractivity contribution in [3.63, 3.8) is 0 Å². The van der Waals surface area contributed by atoms with Crippen LogP contribution < -0.4 is 15.1 Å². The Morgan fingerprint density at radius 2 is 1.53 bits per heavy atom. The van der Waals surface area contributed by atoms with Gasteiger partial charge in [-0.3, -0.25) is 14.4 Å². The van der Waals surface area contributed by atoms with Crippen molar-refractivity contribution < 1.29 is 27.5 Å². The van der Waals surface area contributed by atoms with Crippen molar-refractivity contribution in [1.29, 1.82) is 0 Å². The molecule has 1 unspecified atom stereocenters. The second kappa shape index (κ2) is 9.90. The molecule has 2 aliphatic heterocycles. The molecular weight excluding hydrogens is 554 g/mol. The van der Waals surface area contributed by atoms with Gasteiger partial charge < -0.3 is 19.0 Å². The summed E-state index contributed by atoms with van der Waals surface area (Å²) in [5, 5.41) is -0.0646. The molecular formula is C34H24F2N2O5. The molecule has 2 aliphatic rings. The summed E-state index contributed by atoms with van der Waals surface area (Å²) < 4.78 is 39.3. The number of halogens is 2. The molecule has 7 rings (SSSR count). The molecule has 5 aromatic rings. The minimum atomic E-state index is -1.85. The number of rotatable bonds is 6. The SMILES string of the molecule is COc1ccc(CCN2C(=O)c3oc4ccc(F)cc4c(=O)c3C23C(=O)N(Cc2ccc(F)cc2)c2ccccc23)cc1. The molecule has 3 heterocycles. The maximum atomic E-state index is 14.8. The predicted octanol–water partition coefficient (Wildman–Crippen LogP) is 5.57. The number of amides is 2. The van der Waals surface area contributed by atoms with E-state index >= 15 is 0 Å². The van der Waals surface area contributed by atoms with Gasteiger partial charge >= 0.3 is 0 Å². The van der Waals surface area contributed by atoms with Gasteiger partial charge in [0.1, 0.15) is 23.0 Å². The Morgan fingerprint density at radius 1 is 0.837 bits per heavy atom. The summed E-state index contributed by atoms with van der Waals surface area (Å²) in [6.07, 6.45) is 0.362. The number of carbonyl (C=O) groups excluding carboxylic acids is 2. The zero-order chi connectivity index (χ0) is 29.9. The van der Waals surface area contributed by atoms with Crippen LogP contribution in [0.4, 0.5) is 14.5 Å². The lowest BCUT2D eigenvalue weighted by Crippen LogP contribution is -2.53. The van der Waals surface area contributed by atoms with Crippen LogP contribution in [-0.2, 0) is 23.3 Å². The standard InChI is InChI=1S/C34H24F2N2O5/c1-42-24-13-8-20(9-14-24)16-17-38-32(40)31-29(30(39)25-18-23(36)12-15-28(25)43-31)34(38)26-4-2-3-5-27(26)37(33(34)41)19-21-6-10-22(35)11-7-21/h2-15,18H,16-17,19H2,1H3. The summed E-state index contributed by atoms with van der Waals surface area (Å²) in [5.74, 6) is -1.77. The number of methoxy groups -OCH3 is 1. The van der Waals surface area contributed by atoms with Crippen LogP contribution in [0.25, 0.3) is 11.0 Å². The monoisotopic (exact) mass is 578 g/mol. The quantitative estimate of drug-likeness (QED) is 0.263. The van der Waals surface area contributed by atoms with Gasteiger partial charge in [-0.15, -0.1) is 0 Å². The third-order valence-corrected chi connectivity index (χ3v) is 8.23. The number of benzene rings is 4.